The van der Waals surface area contributed by atoms with E-state index < -0.39 is 17.8 Å². The summed E-state index contributed by atoms with van der Waals surface area (Å²) in [6, 6.07) is 24.0. The minimum Gasteiger partial charge on any atom is -0.495 e. The molecule has 4 rings (SSSR count). The molecule has 4 aromatic carbocycles. The Morgan fingerprint density at radius 2 is 1.56 bits per heavy atom. The van der Waals surface area contributed by atoms with Gasteiger partial charge >= 0.3 is 17.8 Å². The average molecular weight is 502 g/mol. The number of carbonyl (C=O) groups is 3. The minimum atomic E-state index is -0.994. The van der Waals surface area contributed by atoms with Crippen LogP contribution in [-0.2, 0) is 9.59 Å². The standard InChI is InChI=1S/C27H20ClN3O5/c1-35-24-13-7-6-12-22(24)30-25(32)26(33)31-29-16-20-18-9-3-2-8-17(18)14-15-23(20)36-27(34)19-10-4-5-11-21(19)28/h2-16H,1H3,(H,30,32)(H,31,33)/b29-16-. The minimum absolute atomic E-state index is 0.204. The largest absolute Gasteiger partial charge is 0.495 e. The summed E-state index contributed by atoms with van der Waals surface area (Å²) < 4.78 is 10.8. The van der Waals surface area contributed by atoms with Crippen molar-refractivity contribution >= 4 is 52.1 Å². The lowest BCUT2D eigenvalue weighted by Gasteiger charge is -2.11. The Hall–Kier alpha value is -4.69. The summed E-state index contributed by atoms with van der Waals surface area (Å²) >= 11 is 6.12. The molecule has 0 saturated carbocycles. The second kappa shape index (κ2) is 11.2. The molecule has 2 amide bonds. The summed E-state index contributed by atoms with van der Waals surface area (Å²) in [5.41, 5.74) is 3.17. The van der Waals surface area contributed by atoms with Crippen LogP contribution in [0.1, 0.15) is 15.9 Å². The molecule has 0 bridgehead atoms. The maximum absolute atomic E-state index is 12.7. The van der Waals surface area contributed by atoms with Crippen LogP contribution >= 0.6 is 11.6 Å². The van der Waals surface area contributed by atoms with E-state index in [1.54, 1.807) is 60.7 Å². The highest BCUT2D eigenvalue weighted by molar-refractivity contribution is 6.39. The first-order valence-electron chi connectivity index (χ1n) is 10.7. The van der Waals surface area contributed by atoms with E-state index in [1.807, 2.05) is 24.3 Å². The van der Waals surface area contributed by atoms with Gasteiger partial charge in [0.25, 0.3) is 0 Å². The highest BCUT2D eigenvalue weighted by Crippen LogP contribution is 2.28. The van der Waals surface area contributed by atoms with Crippen molar-refractivity contribution in [3.63, 3.8) is 0 Å². The number of hydrogen-bond acceptors (Lipinski definition) is 6. The van der Waals surface area contributed by atoms with Crippen LogP contribution < -0.4 is 20.2 Å². The van der Waals surface area contributed by atoms with E-state index in [-0.39, 0.29) is 16.3 Å². The van der Waals surface area contributed by atoms with Crippen LogP contribution in [0.5, 0.6) is 11.5 Å². The summed E-state index contributed by atoms with van der Waals surface area (Å²) in [6.45, 7) is 0. The van der Waals surface area contributed by atoms with Gasteiger partial charge < -0.3 is 14.8 Å². The van der Waals surface area contributed by atoms with Gasteiger partial charge in [0.2, 0.25) is 0 Å². The first-order valence-corrected chi connectivity index (χ1v) is 11.1. The Labute approximate surface area is 211 Å². The van der Waals surface area contributed by atoms with Gasteiger partial charge in [0.05, 0.1) is 29.6 Å². The van der Waals surface area contributed by atoms with Crippen molar-refractivity contribution in [3.8, 4) is 11.5 Å². The summed E-state index contributed by atoms with van der Waals surface area (Å²) in [4.78, 5) is 37.3. The highest BCUT2D eigenvalue weighted by Gasteiger charge is 2.17. The van der Waals surface area contributed by atoms with Crippen molar-refractivity contribution < 1.29 is 23.9 Å². The Balaban J connectivity index is 1.55. The van der Waals surface area contributed by atoms with E-state index in [0.717, 1.165) is 10.8 Å². The number of rotatable bonds is 6. The fourth-order valence-electron chi connectivity index (χ4n) is 3.41. The number of amides is 2. The number of nitrogens with one attached hydrogen (secondary N) is 2. The predicted octanol–water partition coefficient (Wildman–Crippen LogP) is 4.81. The normalized spacial score (nSPS) is 10.7. The quantitative estimate of drug-likeness (QED) is 0.130. The lowest BCUT2D eigenvalue weighted by molar-refractivity contribution is -0.136. The van der Waals surface area contributed by atoms with Crippen molar-refractivity contribution in [1.29, 1.82) is 0 Å². The highest BCUT2D eigenvalue weighted by atomic mass is 35.5. The first-order chi connectivity index (χ1) is 17.5. The number of methoxy groups -OCH3 is 1. The molecule has 36 heavy (non-hydrogen) atoms. The van der Waals surface area contributed by atoms with Gasteiger partial charge in [0.1, 0.15) is 11.5 Å². The van der Waals surface area contributed by atoms with Crippen LogP contribution in [0.25, 0.3) is 10.8 Å². The smallest absolute Gasteiger partial charge is 0.345 e. The average Bonchev–Trinajstić information content (AvgIpc) is 2.90. The van der Waals surface area contributed by atoms with E-state index in [0.29, 0.717) is 17.0 Å². The molecular formula is C27H20ClN3O5. The van der Waals surface area contributed by atoms with Crippen LogP contribution in [0.2, 0.25) is 5.02 Å². The molecule has 0 aliphatic heterocycles. The SMILES string of the molecule is COc1ccccc1NC(=O)C(=O)N/N=C\c1c(OC(=O)c2ccccc2Cl)ccc2ccccc12. The molecule has 0 aliphatic carbocycles. The Morgan fingerprint density at radius 1 is 0.833 bits per heavy atom. The van der Waals surface area contributed by atoms with Gasteiger partial charge in [0.15, 0.2) is 0 Å². The van der Waals surface area contributed by atoms with Crippen molar-refractivity contribution in [2.24, 2.45) is 5.10 Å². The predicted molar refractivity (Wildman–Crippen MR) is 138 cm³/mol. The van der Waals surface area contributed by atoms with E-state index >= 15 is 0 Å². The fraction of sp³-hybridized carbons (Fsp3) is 0.0370. The number of nitrogens with zero attached hydrogens (tertiary/aromatic N) is 1. The Kier molecular flexibility index (Phi) is 7.57. The van der Waals surface area contributed by atoms with Gasteiger partial charge in [-0.25, -0.2) is 10.2 Å². The molecular weight excluding hydrogens is 482 g/mol. The van der Waals surface area contributed by atoms with Crippen LogP contribution in [-0.4, -0.2) is 31.1 Å². The monoisotopic (exact) mass is 501 g/mol. The third-order valence-corrected chi connectivity index (χ3v) is 5.48. The van der Waals surface area contributed by atoms with Crippen LogP contribution in [0.15, 0.2) is 90.0 Å². The van der Waals surface area contributed by atoms with Crippen molar-refractivity contribution in [2.45, 2.75) is 0 Å². The number of para-hydroxylation sites is 2. The van der Waals surface area contributed by atoms with E-state index in [2.05, 4.69) is 15.8 Å². The van der Waals surface area contributed by atoms with Crippen LogP contribution in [0.4, 0.5) is 5.69 Å². The molecule has 0 fully saturated rings. The number of ether oxygens (including phenoxy) is 2. The molecule has 0 unspecified atom stereocenters. The third kappa shape index (κ3) is 5.51. The van der Waals surface area contributed by atoms with Gasteiger partial charge in [-0.3, -0.25) is 9.59 Å². The number of esters is 1. The first kappa shape index (κ1) is 24.4. The van der Waals surface area contributed by atoms with Crippen molar-refractivity contribution in [1.82, 2.24) is 5.43 Å². The third-order valence-electron chi connectivity index (χ3n) is 5.15. The van der Waals surface area contributed by atoms with Gasteiger partial charge in [-0.05, 0) is 41.1 Å². The number of hydrogen-bond donors (Lipinski definition) is 2. The van der Waals surface area contributed by atoms with E-state index in [4.69, 9.17) is 21.1 Å². The molecule has 0 heterocycles. The lowest BCUT2D eigenvalue weighted by atomic mass is 10.0. The molecule has 0 spiro atoms. The summed E-state index contributed by atoms with van der Waals surface area (Å²) in [5.74, 6) is -1.96. The molecule has 0 aliphatic rings. The van der Waals surface area contributed by atoms with Gasteiger partial charge in [0, 0.05) is 5.56 Å². The Morgan fingerprint density at radius 3 is 2.36 bits per heavy atom. The molecule has 4 aromatic rings. The number of halogens is 1. The number of benzene rings is 4. The topological polar surface area (TPSA) is 106 Å². The molecule has 9 heteroatoms. The molecule has 0 atom stereocenters. The molecule has 0 saturated heterocycles. The van der Waals surface area contributed by atoms with Gasteiger partial charge in [-0.2, -0.15) is 5.10 Å². The zero-order chi connectivity index (χ0) is 25.5. The number of carbonyl (C=O) groups excluding carboxylic acids is 3. The number of anilines is 1. The van der Waals surface area contributed by atoms with Gasteiger partial charge in [-0.15, -0.1) is 0 Å². The second-order valence-electron chi connectivity index (χ2n) is 7.42. The van der Waals surface area contributed by atoms with Crippen LogP contribution in [0, 0.1) is 0 Å². The van der Waals surface area contributed by atoms with Crippen molar-refractivity contribution in [2.75, 3.05) is 12.4 Å². The Bertz CT molecular complexity index is 1490. The number of hydrazone groups is 1. The fourth-order valence-corrected chi connectivity index (χ4v) is 3.63. The maximum atomic E-state index is 12.7. The summed E-state index contributed by atoms with van der Waals surface area (Å²) in [5, 5.41) is 8.23. The summed E-state index contributed by atoms with van der Waals surface area (Å²) in [6.07, 6.45) is 1.31. The maximum Gasteiger partial charge on any atom is 0.345 e. The molecule has 8 nitrogen and oxygen atoms in total. The zero-order valence-electron chi connectivity index (χ0n) is 19.0. The zero-order valence-corrected chi connectivity index (χ0v) is 19.8. The summed E-state index contributed by atoms with van der Waals surface area (Å²) in [7, 11) is 1.45. The number of fused-ring (bicyclic) bond motifs is 1. The molecule has 180 valence electrons. The molecule has 0 radical (unpaired) electrons. The second-order valence-corrected chi connectivity index (χ2v) is 7.83. The van der Waals surface area contributed by atoms with Crippen LogP contribution in [0.3, 0.4) is 0 Å². The van der Waals surface area contributed by atoms with Crippen molar-refractivity contribution in [3.05, 3.63) is 101 Å². The van der Waals surface area contributed by atoms with E-state index in [9.17, 15) is 14.4 Å². The lowest BCUT2D eigenvalue weighted by Crippen LogP contribution is -2.32. The molecule has 0 aromatic heterocycles. The molecule has 2 N–H and O–H groups in total. The van der Waals surface area contributed by atoms with E-state index in [1.165, 1.54) is 13.3 Å². The van der Waals surface area contributed by atoms with Gasteiger partial charge in [-0.1, -0.05) is 66.2 Å².